The third-order valence-electron chi connectivity index (χ3n) is 4.13. The van der Waals surface area contributed by atoms with Gasteiger partial charge in [0.2, 0.25) is 0 Å². The van der Waals surface area contributed by atoms with E-state index in [0.717, 1.165) is 37.9 Å². The second-order valence-electron chi connectivity index (χ2n) is 5.85. The van der Waals surface area contributed by atoms with Crippen molar-refractivity contribution in [1.29, 1.82) is 0 Å². The summed E-state index contributed by atoms with van der Waals surface area (Å²) in [6, 6.07) is 7.18. The van der Waals surface area contributed by atoms with E-state index in [9.17, 15) is 0 Å². The Balaban J connectivity index is 1.61. The fourth-order valence-corrected chi connectivity index (χ4v) is 4.39. The molecule has 1 aromatic rings. The first-order valence-electron chi connectivity index (χ1n) is 7.71. The number of fused-ring (bicyclic) bond motifs is 1. The zero-order chi connectivity index (χ0) is 14.7. The summed E-state index contributed by atoms with van der Waals surface area (Å²) in [6.07, 6.45) is 1.17. The number of hydrogen-bond acceptors (Lipinski definition) is 4. The average molecular weight is 327 g/mol. The third-order valence-corrected chi connectivity index (χ3v) is 5.49. The zero-order valence-electron chi connectivity index (χ0n) is 12.5. The van der Waals surface area contributed by atoms with Gasteiger partial charge < -0.3 is 10.1 Å². The molecule has 0 saturated carbocycles. The van der Waals surface area contributed by atoms with Crippen molar-refractivity contribution in [3.63, 3.8) is 0 Å². The minimum atomic E-state index is 0.427. The Hall–Kier alpha value is -0.260. The summed E-state index contributed by atoms with van der Waals surface area (Å²) in [4.78, 5) is 3.86. The standard InChI is InChI=1S/C16H23ClN2OS/c1-12(11-19-5-7-20-8-6-19)18-15-4-9-21-16-3-2-13(17)10-14(15)16/h2-3,10,12,15,18H,4-9,11H2,1H3. The Labute approximate surface area is 136 Å². The van der Waals surface area contributed by atoms with Crippen molar-refractivity contribution in [3.05, 3.63) is 28.8 Å². The second kappa shape index (κ2) is 7.34. The van der Waals surface area contributed by atoms with E-state index < -0.39 is 0 Å². The normalized spacial score (nSPS) is 24.6. The van der Waals surface area contributed by atoms with Gasteiger partial charge >= 0.3 is 0 Å². The average Bonchev–Trinajstić information content (AvgIpc) is 2.49. The monoisotopic (exact) mass is 326 g/mol. The Morgan fingerprint density at radius 2 is 2.24 bits per heavy atom. The highest BCUT2D eigenvalue weighted by atomic mass is 35.5. The van der Waals surface area contributed by atoms with Gasteiger partial charge in [-0.3, -0.25) is 4.90 Å². The van der Waals surface area contributed by atoms with E-state index in [1.807, 2.05) is 17.8 Å². The van der Waals surface area contributed by atoms with Crippen molar-refractivity contribution >= 4 is 23.4 Å². The first-order chi connectivity index (χ1) is 10.2. The molecule has 1 fully saturated rings. The molecule has 5 heteroatoms. The van der Waals surface area contributed by atoms with Crippen molar-refractivity contribution in [1.82, 2.24) is 10.2 Å². The largest absolute Gasteiger partial charge is 0.379 e. The predicted molar refractivity (Wildman–Crippen MR) is 89.4 cm³/mol. The van der Waals surface area contributed by atoms with E-state index in [1.54, 1.807) is 0 Å². The van der Waals surface area contributed by atoms with Crippen LogP contribution >= 0.6 is 23.4 Å². The quantitative estimate of drug-likeness (QED) is 0.918. The Bertz CT molecular complexity index is 479. The number of halogens is 1. The van der Waals surface area contributed by atoms with Crippen LogP contribution in [-0.2, 0) is 4.74 Å². The van der Waals surface area contributed by atoms with Crippen molar-refractivity contribution in [2.24, 2.45) is 0 Å². The van der Waals surface area contributed by atoms with E-state index >= 15 is 0 Å². The topological polar surface area (TPSA) is 24.5 Å². The summed E-state index contributed by atoms with van der Waals surface area (Å²) in [7, 11) is 0. The fourth-order valence-electron chi connectivity index (χ4n) is 3.11. The first kappa shape index (κ1) is 15.6. The summed E-state index contributed by atoms with van der Waals surface area (Å²) in [5.74, 6) is 1.18. The van der Waals surface area contributed by atoms with Crippen LogP contribution in [0.3, 0.4) is 0 Å². The minimum Gasteiger partial charge on any atom is -0.379 e. The van der Waals surface area contributed by atoms with Gasteiger partial charge in [0.1, 0.15) is 0 Å². The molecule has 1 N–H and O–H groups in total. The van der Waals surface area contributed by atoms with Crippen LogP contribution < -0.4 is 5.32 Å². The van der Waals surface area contributed by atoms with E-state index in [2.05, 4.69) is 29.3 Å². The molecule has 2 unspecified atom stereocenters. The van der Waals surface area contributed by atoms with Gasteiger partial charge in [-0.1, -0.05) is 11.6 Å². The molecule has 21 heavy (non-hydrogen) atoms. The van der Waals surface area contributed by atoms with Crippen LogP contribution in [0.1, 0.15) is 24.9 Å². The Kier molecular flexibility index (Phi) is 5.46. The lowest BCUT2D eigenvalue weighted by Gasteiger charge is -2.33. The number of thioether (sulfide) groups is 1. The fraction of sp³-hybridized carbons (Fsp3) is 0.625. The lowest BCUT2D eigenvalue weighted by Crippen LogP contribution is -2.45. The van der Waals surface area contributed by atoms with Gasteiger partial charge in [-0.15, -0.1) is 11.8 Å². The predicted octanol–water partition coefficient (Wildman–Crippen LogP) is 3.19. The SMILES string of the molecule is CC(CN1CCOCC1)NC1CCSc2ccc(Cl)cc21. The number of benzene rings is 1. The van der Waals surface area contributed by atoms with Gasteiger partial charge in [-0.2, -0.15) is 0 Å². The number of rotatable bonds is 4. The molecule has 0 bridgehead atoms. The van der Waals surface area contributed by atoms with Crippen LogP contribution in [0.2, 0.25) is 5.02 Å². The molecule has 0 aliphatic carbocycles. The second-order valence-corrected chi connectivity index (χ2v) is 7.43. The molecule has 2 aliphatic rings. The van der Waals surface area contributed by atoms with Crippen molar-refractivity contribution in [2.45, 2.75) is 30.3 Å². The maximum atomic E-state index is 6.17. The lowest BCUT2D eigenvalue weighted by molar-refractivity contribution is 0.0338. The molecule has 2 heterocycles. The lowest BCUT2D eigenvalue weighted by atomic mass is 10.0. The van der Waals surface area contributed by atoms with Gasteiger partial charge in [0.25, 0.3) is 0 Å². The van der Waals surface area contributed by atoms with Crippen molar-refractivity contribution in [3.8, 4) is 0 Å². The molecule has 3 nitrogen and oxygen atoms in total. The van der Waals surface area contributed by atoms with Gasteiger partial charge in [-0.05, 0) is 42.9 Å². The van der Waals surface area contributed by atoms with Gasteiger partial charge in [0, 0.05) is 41.6 Å². The molecule has 1 aromatic carbocycles. The maximum absolute atomic E-state index is 6.17. The minimum absolute atomic E-state index is 0.427. The van der Waals surface area contributed by atoms with Crippen LogP contribution in [0.15, 0.2) is 23.1 Å². The molecule has 1 saturated heterocycles. The summed E-state index contributed by atoms with van der Waals surface area (Å²) < 4.78 is 5.41. The number of hydrogen-bond donors (Lipinski definition) is 1. The van der Waals surface area contributed by atoms with Crippen LogP contribution in [0.5, 0.6) is 0 Å². The van der Waals surface area contributed by atoms with Crippen LogP contribution in [0, 0.1) is 0 Å². The van der Waals surface area contributed by atoms with Gasteiger partial charge in [0.15, 0.2) is 0 Å². The molecule has 116 valence electrons. The highest BCUT2D eigenvalue weighted by molar-refractivity contribution is 7.99. The summed E-state index contributed by atoms with van der Waals surface area (Å²) in [5.41, 5.74) is 1.37. The van der Waals surface area contributed by atoms with E-state index in [-0.39, 0.29) is 0 Å². The van der Waals surface area contributed by atoms with Crippen LogP contribution in [0.4, 0.5) is 0 Å². The number of ether oxygens (including phenoxy) is 1. The highest BCUT2D eigenvalue weighted by Crippen LogP contribution is 2.37. The van der Waals surface area contributed by atoms with E-state index in [1.165, 1.54) is 22.6 Å². The zero-order valence-corrected chi connectivity index (χ0v) is 14.1. The summed E-state index contributed by atoms with van der Waals surface area (Å²) >= 11 is 8.11. The molecular formula is C16H23ClN2OS. The first-order valence-corrected chi connectivity index (χ1v) is 9.07. The number of nitrogens with one attached hydrogen (secondary N) is 1. The Morgan fingerprint density at radius 1 is 1.43 bits per heavy atom. The molecule has 0 spiro atoms. The molecule has 0 radical (unpaired) electrons. The molecule has 2 aliphatic heterocycles. The number of nitrogens with zero attached hydrogens (tertiary/aromatic N) is 1. The van der Waals surface area contributed by atoms with Crippen molar-refractivity contribution in [2.75, 3.05) is 38.6 Å². The molecular weight excluding hydrogens is 304 g/mol. The van der Waals surface area contributed by atoms with Gasteiger partial charge in [0.05, 0.1) is 13.2 Å². The third kappa shape index (κ3) is 4.14. The molecule has 3 rings (SSSR count). The van der Waals surface area contributed by atoms with Crippen LogP contribution in [0.25, 0.3) is 0 Å². The number of morpholine rings is 1. The van der Waals surface area contributed by atoms with E-state index in [4.69, 9.17) is 16.3 Å². The van der Waals surface area contributed by atoms with E-state index in [0.29, 0.717) is 12.1 Å². The van der Waals surface area contributed by atoms with Crippen LogP contribution in [-0.4, -0.2) is 49.5 Å². The molecule has 0 amide bonds. The summed E-state index contributed by atoms with van der Waals surface area (Å²) in [6.45, 7) is 7.20. The maximum Gasteiger partial charge on any atom is 0.0594 e. The summed E-state index contributed by atoms with van der Waals surface area (Å²) in [5, 5.41) is 4.63. The Morgan fingerprint density at radius 3 is 3.05 bits per heavy atom. The van der Waals surface area contributed by atoms with Crippen molar-refractivity contribution < 1.29 is 4.74 Å². The smallest absolute Gasteiger partial charge is 0.0594 e. The van der Waals surface area contributed by atoms with Gasteiger partial charge in [-0.25, -0.2) is 0 Å². The molecule has 0 aromatic heterocycles. The molecule has 2 atom stereocenters. The highest BCUT2D eigenvalue weighted by Gasteiger charge is 2.23.